The van der Waals surface area contributed by atoms with Crippen molar-refractivity contribution in [3.8, 4) is 0 Å². The molecule has 1 N–H and O–H groups in total. The molecule has 0 amide bonds. The van der Waals surface area contributed by atoms with Gasteiger partial charge in [0.15, 0.2) is 0 Å². The van der Waals surface area contributed by atoms with Gasteiger partial charge < -0.3 is 9.73 Å². The van der Waals surface area contributed by atoms with E-state index in [4.69, 9.17) is 4.42 Å². The summed E-state index contributed by atoms with van der Waals surface area (Å²) in [5, 5.41) is 12.8. The van der Waals surface area contributed by atoms with Gasteiger partial charge in [-0.3, -0.25) is 0 Å². The summed E-state index contributed by atoms with van der Waals surface area (Å²) in [5.74, 6) is 2.78. The first-order valence-electron chi connectivity index (χ1n) is 7.70. The van der Waals surface area contributed by atoms with Gasteiger partial charge in [-0.15, -0.1) is 21.5 Å². The lowest BCUT2D eigenvalue weighted by Crippen LogP contribution is -2.03. The van der Waals surface area contributed by atoms with Gasteiger partial charge in [-0.05, 0) is 37.7 Å². The summed E-state index contributed by atoms with van der Waals surface area (Å²) in [6.45, 7) is 0.510. The van der Waals surface area contributed by atoms with Crippen LogP contribution < -0.4 is 5.32 Å². The molecule has 7 heteroatoms. The molecule has 5 rings (SSSR count). The van der Waals surface area contributed by atoms with Crippen molar-refractivity contribution < 1.29 is 4.42 Å². The number of hydrogen-bond acceptors (Lipinski definition) is 7. The minimum Gasteiger partial charge on any atom is -0.423 e. The average Bonchev–Trinajstić information content (AvgIpc) is 2.96. The third-order valence-corrected chi connectivity index (χ3v) is 5.52. The van der Waals surface area contributed by atoms with E-state index in [-0.39, 0.29) is 0 Å². The van der Waals surface area contributed by atoms with E-state index in [1.807, 2.05) is 0 Å². The third-order valence-electron chi connectivity index (χ3n) is 4.32. The Kier molecular flexibility index (Phi) is 2.70. The van der Waals surface area contributed by atoms with Crippen LogP contribution in [0.4, 0.5) is 5.82 Å². The van der Waals surface area contributed by atoms with Gasteiger partial charge in [-0.25, -0.2) is 9.97 Å². The number of nitrogens with zero attached hydrogens (tertiary/aromatic N) is 4. The van der Waals surface area contributed by atoms with Crippen LogP contribution in [0.25, 0.3) is 10.2 Å². The highest BCUT2D eigenvalue weighted by atomic mass is 32.1. The number of aryl methyl sites for hydroxylation is 2. The van der Waals surface area contributed by atoms with Gasteiger partial charge in [0.05, 0.1) is 11.9 Å². The molecule has 112 valence electrons. The molecule has 0 atom stereocenters. The Morgan fingerprint density at radius 1 is 1.23 bits per heavy atom. The van der Waals surface area contributed by atoms with Crippen molar-refractivity contribution >= 4 is 27.4 Å². The van der Waals surface area contributed by atoms with E-state index in [0.29, 0.717) is 18.4 Å². The van der Waals surface area contributed by atoms with Gasteiger partial charge in [-0.2, -0.15) is 0 Å². The summed E-state index contributed by atoms with van der Waals surface area (Å²) < 4.78 is 5.69. The van der Waals surface area contributed by atoms with E-state index in [1.54, 1.807) is 17.7 Å². The topological polar surface area (TPSA) is 76.7 Å². The van der Waals surface area contributed by atoms with Crippen LogP contribution >= 0.6 is 11.3 Å². The summed E-state index contributed by atoms with van der Waals surface area (Å²) in [4.78, 5) is 11.4. The van der Waals surface area contributed by atoms with Crippen LogP contribution in [-0.2, 0) is 19.4 Å². The zero-order chi connectivity index (χ0) is 14.5. The van der Waals surface area contributed by atoms with E-state index < -0.39 is 0 Å². The molecular weight excluding hydrogens is 298 g/mol. The molecule has 3 aromatic rings. The van der Waals surface area contributed by atoms with E-state index in [0.717, 1.165) is 23.0 Å². The molecule has 2 aliphatic carbocycles. The highest BCUT2D eigenvalue weighted by Gasteiger charge is 2.29. The lowest BCUT2D eigenvalue weighted by atomic mass is 10.2. The predicted octanol–water partition coefficient (Wildman–Crippen LogP) is 3.05. The van der Waals surface area contributed by atoms with E-state index >= 15 is 0 Å². The van der Waals surface area contributed by atoms with Gasteiger partial charge in [0.1, 0.15) is 17.0 Å². The zero-order valence-electron chi connectivity index (χ0n) is 12.0. The first-order valence-corrected chi connectivity index (χ1v) is 8.51. The molecule has 1 saturated carbocycles. The fourth-order valence-electron chi connectivity index (χ4n) is 3.06. The van der Waals surface area contributed by atoms with Gasteiger partial charge in [0.2, 0.25) is 11.8 Å². The molecule has 0 aliphatic heterocycles. The van der Waals surface area contributed by atoms with Crippen LogP contribution in [0.2, 0.25) is 0 Å². The molecule has 0 bridgehead atoms. The number of nitrogens with one attached hydrogen (secondary N) is 1. The largest absolute Gasteiger partial charge is 0.423 e. The Morgan fingerprint density at radius 3 is 3.09 bits per heavy atom. The Labute approximate surface area is 131 Å². The second kappa shape index (κ2) is 4.74. The van der Waals surface area contributed by atoms with Crippen molar-refractivity contribution in [2.75, 3.05) is 5.32 Å². The molecule has 2 aliphatic rings. The summed E-state index contributed by atoms with van der Waals surface area (Å²) in [6, 6.07) is 0. The molecule has 0 radical (unpaired) electrons. The molecule has 0 unspecified atom stereocenters. The lowest BCUT2D eigenvalue weighted by molar-refractivity contribution is 0.457. The SMILES string of the molecule is c1nc(NCc2nnc(C3CC3)o2)c2c3c(sc2n1)CCC3. The maximum Gasteiger partial charge on any atom is 0.235 e. The molecule has 3 aromatic heterocycles. The number of fused-ring (bicyclic) bond motifs is 3. The van der Waals surface area contributed by atoms with Gasteiger partial charge in [-0.1, -0.05) is 0 Å². The number of thiophene rings is 1. The second-order valence-electron chi connectivity index (χ2n) is 5.92. The standard InChI is InChI=1S/C15H15N5OS/c1-2-9-10(3-1)22-15-12(9)13(17-7-18-15)16-6-11-19-20-14(21-11)8-4-5-8/h7-8H,1-6H2,(H,16,17,18). The Morgan fingerprint density at radius 2 is 2.18 bits per heavy atom. The molecular formula is C15H15N5OS. The van der Waals surface area contributed by atoms with Crippen molar-refractivity contribution in [2.24, 2.45) is 0 Å². The Bertz CT molecular complexity index is 851. The molecule has 0 aromatic carbocycles. The lowest BCUT2D eigenvalue weighted by Gasteiger charge is -2.05. The molecule has 0 saturated heterocycles. The number of anilines is 1. The minimum absolute atomic E-state index is 0.493. The number of aromatic nitrogens is 4. The van der Waals surface area contributed by atoms with Crippen molar-refractivity contribution in [3.05, 3.63) is 28.5 Å². The monoisotopic (exact) mass is 313 g/mol. The van der Waals surface area contributed by atoms with E-state index in [1.165, 1.54) is 41.5 Å². The predicted molar refractivity (Wildman–Crippen MR) is 83.0 cm³/mol. The summed E-state index contributed by atoms with van der Waals surface area (Å²) >= 11 is 1.80. The third kappa shape index (κ3) is 1.99. The van der Waals surface area contributed by atoms with E-state index in [9.17, 15) is 0 Å². The van der Waals surface area contributed by atoms with Crippen LogP contribution in [0.3, 0.4) is 0 Å². The van der Waals surface area contributed by atoms with Crippen LogP contribution in [0.1, 0.15) is 47.4 Å². The number of rotatable bonds is 4. The Hall–Kier alpha value is -2.02. The molecule has 1 fully saturated rings. The Balaban J connectivity index is 1.43. The molecule has 0 spiro atoms. The van der Waals surface area contributed by atoms with Crippen molar-refractivity contribution in [2.45, 2.75) is 44.6 Å². The van der Waals surface area contributed by atoms with Gasteiger partial charge >= 0.3 is 0 Å². The first kappa shape index (κ1) is 12.5. The summed E-state index contributed by atoms with van der Waals surface area (Å²) in [5.41, 5.74) is 1.42. The van der Waals surface area contributed by atoms with Crippen LogP contribution in [0, 0.1) is 0 Å². The first-order chi connectivity index (χ1) is 10.9. The quantitative estimate of drug-likeness (QED) is 0.797. The van der Waals surface area contributed by atoms with Crippen molar-refractivity contribution in [1.29, 1.82) is 0 Å². The summed E-state index contributed by atoms with van der Waals surface area (Å²) in [6.07, 6.45) is 7.50. The van der Waals surface area contributed by atoms with Crippen molar-refractivity contribution in [1.82, 2.24) is 20.2 Å². The maximum absolute atomic E-state index is 5.69. The van der Waals surface area contributed by atoms with Crippen LogP contribution in [0.15, 0.2) is 10.7 Å². The molecule has 3 heterocycles. The highest BCUT2D eigenvalue weighted by Crippen LogP contribution is 2.40. The van der Waals surface area contributed by atoms with Crippen LogP contribution in [-0.4, -0.2) is 20.2 Å². The van der Waals surface area contributed by atoms with E-state index in [2.05, 4.69) is 25.5 Å². The average molecular weight is 313 g/mol. The smallest absolute Gasteiger partial charge is 0.235 e. The normalized spacial score (nSPS) is 17.1. The van der Waals surface area contributed by atoms with Crippen LogP contribution in [0.5, 0.6) is 0 Å². The summed E-state index contributed by atoms with van der Waals surface area (Å²) in [7, 11) is 0. The van der Waals surface area contributed by atoms with Gasteiger partial charge in [0.25, 0.3) is 0 Å². The maximum atomic E-state index is 5.69. The minimum atomic E-state index is 0.493. The molecule has 6 nitrogen and oxygen atoms in total. The molecule has 22 heavy (non-hydrogen) atoms. The van der Waals surface area contributed by atoms with Gasteiger partial charge in [0, 0.05) is 10.8 Å². The fourth-order valence-corrected chi connectivity index (χ4v) is 4.28. The number of hydrogen-bond donors (Lipinski definition) is 1. The zero-order valence-corrected chi connectivity index (χ0v) is 12.8. The highest BCUT2D eigenvalue weighted by molar-refractivity contribution is 7.19. The fraction of sp³-hybridized carbons (Fsp3) is 0.467. The van der Waals surface area contributed by atoms with Crippen molar-refractivity contribution in [3.63, 3.8) is 0 Å². The second-order valence-corrected chi connectivity index (χ2v) is 7.01.